The highest BCUT2D eigenvalue weighted by Gasteiger charge is 2.45. The van der Waals surface area contributed by atoms with Crippen LogP contribution in [0.15, 0.2) is 0 Å². The van der Waals surface area contributed by atoms with Crippen molar-refractivity contribution in [1.29, 1.82) is 0 Å². The van der Waals surface area contributed by atoms with Crippen LogP contribution in [0.25, 0.3) is 0 Å². The van der Waals surface area contributed by atoms with Crippen LogP contribution in [0.5, 0.6) is 0 Å². The molecule has 0 amide bonds. The fourth-order valence-corrected chi connectivity index (χ4v) is 3.56. The predicted octanol–water partition coefficient (Wildman–Crippen LogP) is 2.50. The summed E-state index contributed by atoms with van der Waals surface area (Å²) in [5, 5.41) is 0. The Kier molecular flexibility index (Phi) is 4.13. The number of fused-ring (bicyclic) bond motifs is 2. The number of ether oxygens (including phenoxy) is 4. The van der Waals surface area contributed by atoms with Gasteiger partial charge in [-0.25, -0.2) is 0 Å². The van der Waals surface area contributed by atoms with Crippen molar-refractivity contribution in [2.24, 2.45) is 5.41 Å². The average molecular weight is 270 g/mol. The van der Waals surface area contributed by atoms with Crippen LogP contribution in [-0.4, -0.2) is 44.9 Å². The molecular formula is C15H26O4. The highest BCUT2D eigenvalue weighted by molar-refractivity contribution is 4.88. The topological polar surface area (TPSA) is 36.9 Å². The summed E-state index contributed by atoms with van der Waals surface area (Å²) in [6.45, 7) is 3.85. The van der Waals surface area contributed by atoms with E-state index in [-0.39, 0.29) is 24.6 Å². The van der Waals surface area contributed by atoms with Crippen molar-refractivity contribution in [2.75, 3.05) is 20.3 Å². The van der Waals surface area contributed by atoms with Gasteiger partial charge in [0.2, 0.25) is 0 Å². The Hall–Kier alpha value is -0.160. The minimum atomic E-state index is -0.180. The van der Waals surface area contributed by atoms with E-state index < -0.39 is 0 Å². The maximum Gasteiger partial charge on any atom is 0.184 e. The third-order valence-electron chi connectivity index (χ3n) is 4.93. The van der Waals surface area contributed by atoms with Gasteiger partial charge < -0.3 is 18.9 Å². The molecule has 2 saturated heterocycles. The number of hydrogen-bond acceptors (Lipinski definition) is 4. The van der Waals surface area contributed by atoms with Gasteiger partial charge >= 0.3 is 0 Å². The molecule has 0 radical (unpaired) electrons. The third kappa shape index (κ3) is 2.97. The summed E-state index contributed by atoms with van der Waals surface area (Å²) >= 11 is 0. The van der Waals surface area contributed by atoms with Crippen LogP contribution >= 0.6 is 0 Å². The van der Waals surface area contributed by atoms with E-state index in [4.69, 9.17) is 18.9 Å². The Bertz CT molecular complexity index is 301. The van der Waals surface area contributed by atoms with E-state index in [2.05, 4.69) is 6.92 Å². The fourth-order valence-electron chi connectivity index (χ4n) is 3.56. The molecule has 3 aliphatic rings. The zero-order chi connectivity index (χ0) is 13.3. The van der Waals surface area contributed by atoms with E-state index in [0.717, 1.165) is 13.0 Å². The number of hydrogen-bond donors (Lipinski definition) is 0. The number of methoxy groups -OCH3 is 1. The molecule has 0 aromatic carbocycles. The van der Waals surface area contributed by atoms with Crippen molar-refractivity contribution in [3.8, 4) is 0 Å². The van der Waals surface area contributed by atoms with Crippen LogP contribution in [0.3, 0.4) is 0 Å². The molecule has 1 unspecified atom stereocenters. The average Bonchev–Trinajstić information content (AvgIpc) is 2.84. The van der Waals surface area contributed by atoms with E-state index in [1.165, 1.54) is 32.1 Å². The Morgan fingerprint density at radius 3 is 2.68 bits per heavy atom. The van der Waals surface area contributed by atoms with Gasteiger partial charge in [0.15, 0.2) is 6.29 Å². The normalized spacial score (nSPS) is 41.4. The first-order chi connectivity index (χ1) is 9.20. The number of rotatable bonds is 4. The van der Waals surface area contributed by atoms with Crippen molar-refractivity contribution >= 4 is 0 Å². The second kappa shape index (κ2) is 5.68. The standard InChI is InChI=1S/C15H26O4/c1-15(6-4-3-5-7-15)10-18-11-8-12(16-2)14-17-9-13(11)19-14/h11-14H,3-10H2,1-2H3/t11-,12+,13+,14?/m0/s1. The summed E-state index contributed by atoms with van der Waals surface area (Å²) < 4.78 is 23.1. The molecule has 4 nitrogen and oxygen atoms in total. The van der Waals surface area contributed by atoms with Crippen LogP contribution in [-0.2, 0) is 18.9 Å². The molecule has 2 bridgehead atoms. The van der Waals surface area contributed by atoms with Crippen molar-refractivity contribution in [2.45, 2.75) is 70.1 Å². The van der Waals surface area contributed by atoms with Crippen LogP contribution in [0.2, 0.25) is 0 Å². The highest BCUT2D eigenvalue weighted by atomic mass is 16.7. The molecule has 3 fully saturated rings. The summed E-state index contributed by atoms with van der Waals surface area (Å²) in [6, 6.07) is 0. The lowest BCUT2D eigenvalue weighted by Crippen LogP contribution is -2.45. The summed E-state index contributed by atoms with van der Waals surface area (Å²) in [6.07, 6.45) is 7.60. The SMILES string of the molecule is CO[C@@H]1C[C@H](OCC2(C)CCCCC2)[C@H]2COC1O2. The molecule has 110 valence electrons. The molecule has 0 aromatic heterocycles. The smallest absolute Gasteiger partial charge is 0.184 e. The first kappa shape index (κ1) is 13.8. The maximum atomic E-state index is 6.20. The summed E-state index contributed by atoms with van der Waals surface area (Å²) in [4.78, 5) is 0. The molecule has 1 aliphatic carbocycles. The fraction of sp³-hybridized carbons (Fsp3) is 1.00. The van der Waals surface area contributed by atoms with Gasteiger partial charge in [0.05, 0.1) is 19.3 Å². The van der Waals surface area contributed by atoms with Gasteiger partial charge in [0, 0.05) is 13.5 Å². The lowest BCUT2D eigenvalue weighted by atomic mass is 9.76. The van der Waals surface area contributed by atoms with Gasteiger partial charge in [0.25, 0.3) is 0 Å². The van der Waals surface area contributed by atoms with Crippen molar-refractivity contribution in [3.63, 3.8) is 0 Å². The lowest BCUT2D eigenvalue weighted by molar-refractivity contribution is -0.203. The molecule has 2 aliphatic heterocycles. The van der Waals surface area contributed by atoms with Crippen molar-refractivity contribution < 1.29 is 18.9 Å². The molecule has 4 heteroatoms. The molecule has 4 atom stereocenters. The van der Waals surface area contributed by atoms with Gasteiger partial charge in [-0.1, -0.05) is 26.2 Å². The van der Waals surface area contributed by atoms with E-state index >= 15 is 0 Å². The Morgan fingerprint density at radius 1 is 1.16 bits per heavy atom. The van der Waals surface area contributed by atoms with Crippen LogP contribution in [0, 0.1) is 5.41 Å². The van der Waals surface area contributed by atoms with Gasteiger partial charge in [-0.15, -0.1) is 0 Å². The van der Waals surface area contributed by atoms with Gasteiger partial charge in [-0.05, 0) is 18.3 Å². The minimum Gasteiger partial charge on any atom is -0.376 e. The maximum absolute atomic E-state index is 6.20. The van der Waals surface area contributed by atoms with E-state index in [0.29, 0.717) is 12.0 Å². The van der Waals surface area contributed by atoms with E-state index in [1.54, 1.807) is 7.11 Å². The molecule has 2 heterocycles. The van der Waals surface area contributed by atoms with Crippen LogP contribution < -0.4 is 0 Å². The molecule has 0 spiro atoms. The molecule has 1 saturated carbocycles. The monoisotopic (exact) mass is 270 g/mol. The third-order valence-corrected chi connectivity index (χ3v) is 4.93. The Labute approximate surface area is 115 Å². The van der Waals surface area contributed by atoms with Crippen LogP contribution in [0.4, 0.5) is 0 Å². The highest BCUT2D eigenvalue weighted by Crippen LogP contribution is 2.38. The second-order valence-electron chi connectivity index (χ2n) is 6.61. The van der Waals surface area contributed by atoms with Gasteiger partial charge in [-0.3, -0.25) is 0 Å². The summed E-state index contributed by atoms with van der Waals surface area (Å²) in [5.74, 6) is 0. The molecule has 0 aromatic rings. The quantitative estimate of drug-likeness (QED) is 0.786. The first-order valence-electron chi connectivity index (χ1n) is 7.62. The Balaban J connectivity index is 1.54. The molecular weight excluding hydrogens is 244 g/mol. The van der Waals surface area contributed by atoms with Crippen LogP contribution in [0.1, 0.15) is 45.4 Å². The summed E-state index contributed by atoms with van der Waals surface area (Å²) in [7, 11) is 1.72. The predicted molar refractivity (Wildman–Crippen MR) is 71.0 cm³/mol. The lowest BCUT2D eigenvalue weighted by Gasteiger charge is -2.37. The van der Waals surface area contributed by atoms with Gasteiger partial charge in [-0.2, -0.15) is 0 Å². The molecule has 3 rings (SSSR count). The van der Waals surface area contributed by atoms with E-state index in [9.17, 15) is 0 Å². The minimum absolute atomic E-state index is 0.0166. The van der Waals surface area contributed by atoms with E-state index in [1.807, 2.05) is 0 Å². The molecule has 19 heavy (non-hydrogen) atoms. The zero-order valence-corrected chi connectivity index (χ0v) is 12.1. The largest absolute Gasteiger partial charge is 0.376 e. The van der Waals surface area contributed by atoms with Gasteiger partial charge in [0.1, 0.15) is 12.2 Å². The first-order valence-corrected chi connectivity index (χ1v) is 7.62. The second-order valence-corrected chi connectivity index (χ2v) is 6.61. The zero-order valence-electron chi connectivity index (χ0n) is 12.1. The summed E-state index contributed by atoms with van der Waals surface area (Å²) in [5.41, 5.74) is 0.358. The van der Waals surface area contributed by atoms with Crippen molar-refractivity contribution in [1.82, 2.24) is 0 Å². The Morgan fingerprint density at radius 2 is 1.95 bits per heavy atom. The molecule has 0 N–H and O–H groups in total. The van der Waals surface area contributed by atoms with Crippen molar-refractivity contribution in [3.05, 3.63) is 0 Å².